The van der Waals surface area contributed by atoms with Gasteiger partial charge in [0.15, 0.2) is 0 Å². The van der Waals surface area contributed by atoms with Crippen molar-refractivity contribution in [2.75, 3.05) is 0 Å². The van der Waals surface area contributed by atoms with Crippen LogP contribution in [0.4, 0.5) is 0 Å². The fourth-order valence-electron chi connectivity index (χ4n) is 2.23. The molecular formula is C15H18S. The molecule has 0 bridgehead atoms. The molecular weight excluding hydrogens is 212 g/mol. The van der Waals surface area contributed by atoms with Crippen molar-refractivity contribution in [3.05, 3.63) is 41.0 Å². The van der Waals surface area contributed by atoms with E-state index in [1.54, 1.807) is 0 Å². The molecule has 0 nitrogen and oxygen atoms in total. The van der Waals surface area contributed by atoms with E-state index in [0.717, 1.165) is 4.90 Å². The topological polar surface area (TPSA) is 0 Å². The molecule has 16 heavy (non-hydrogen) atoms. The van der Waals surface area contributed by atoms with Crippen LogP contribution in [0.25, 0.3) is 10.8 Å². The highest BCUT2D eigenvalue weighted by molar-refractivity contribution is 7.80. The van der Waals surface area contributed by atoms with Gasteiger partial charge in [-0.1, -0.05) is 26.0 Å². The van der Waals surface area contributed by atoms with Gasteiger partial charge >= 0.3 is 0 Å². The number of aryl methyl sites for hydroxylation is 2. The van der Waals surface area contributed by atoms with Crippen LogP contribution in [0.1, 0.15) is 36.5 Å². The van der Waals surface area contributed by atoms with E-state index in [1.807, 2.05) is 0 Å². The molecule has 0 N–H and O–H groups in total. The third kappa shape index (κ3) is 1.84. The number of hydrogen-bond donors (Lipinski definition) is 1. The van der Waals surface area contributed by atoms with E-state index in [9.17, 15) is 0 Å². The highest BCUT2D eigenvalue weighted by Gasteiger charge is 2.09. The third-order valence-corrected chi connectivity index (χ3v) is 3.54. The molecule has 0 aromatic heterocycles. The molecule has 0 aliphatic heterocycles. The highest BCUT2D eigenvalue weighted by Crippen LogP contribution is 2.32. The number of hydrogen-bond acceptors (Lipinski definition) is 1. The van der Waals surface area contributed by atoms with Gasteiger partial charge in [-0.05, 0) is 59.4 Å². The summed E-state index contributed by atoms with van der Waals surface area (Å²) in [4.78, 5) is 1.06. The minimum atomic E-state index is 0.537. The standard InChI is InChI=1S/C15H18S/c1-9(2)14-8-13(16)7-12-6-5-10(3)11(4)15(12)14/h5-9,16H,1-4H3. The largest absolute Gasteiger partial charge is 0.143 e. The molecule has 0 radical (unpaired) electrons. The highest BCUT2D eigenvalue weighted by atomic mass is 32.1. The average Bonchev–Trinajstić information content (AvgIpc) is 2.22. The van der Waals surface area contributed by atoms with Crippen LogP contribution in [-0.4, -0.2) is 0 Å². The van der Waals surface area contributed by atoms with E-state index in [0.29, 0.717) is 5.92 Å². The molecule has 0 amide bonds. The first-order chi connectivity index (χ1) is 7.50. The Bertz CT molecular complexity index is 539. The second-order valence-corrected chi connectivity index (χ2v) is 5.31. The van der Waals surface area contributed by atoms with E-state index in [1.165, 1.54) is 27.5 Å². The lowest BCUT2D eigenvalue weighted by Gasteiger charge is -2.15. The Morgan fingerprint density at radius 3 is 2.38 bits per heavy atom. The molecule has 1 heteroatoms. The van der Waals surface area contributed by atoms with E-state index in [-0.39, 0.29) is 0 Å². The molecule has 0 saturated carbocycles. The lowest BCUT2D eigenvalue weighted by atomic mass is 9.91. The molecule has 0 atom stereocenters. The van der Waals surface area contributed by atoms with Gasteiger partial charge in [-0.15, -0.1) is 12.6 Å². The predicted octanol–water partition coefficient (Wildman–Crippen LogP) is 4.87. The van der Waals surface area contributed by atoms with Crippen LogP contribution in [0.2, 0.25) is 0 Å². The van der Waals surface area contributed by atoms with Crippen molar-refractivity contribution < 1.29 is 0 Å². The minimum absolute atomic E-state index is 0.537. The van der Waals surface area contributed by atoms with Crippen molar-refractivity contribution in [3.8, 4) is 0 Å². The zero-order chi connectivity index (χ0) is 11.9. The Hall–Kier alpha value is -0.950. The van der Waals surface area contributed by atoms with Gasteiger partial charge < -0.3 is 0 Å². The van der Waals surface area contributed by atoms with Crippen molar-refractivity contribution in [1.29, 1.82) is 0 Å². The Balaban J connectivity index is 2.92. The quantitative estimate of drug-likeness (QED) is 0.664. The first-order valence-corrected chi connectivity index (χ1v) is 6.18. The Morgan fingerprint density at radius 1 is 1.06 bits per heavy atom. The molecule has 0 fully saturated rings. The number of thiol groups is 1. The van der Waals surface area contributed by atoms with Crippen LogP contribution in [0.3, 0.4) is 0 Å². The predicted molar refractivity (Wildman–Crippen MR) is 74.8 cm³/mol. The van der Waals surface area contributed by atoms with Crippen molar-refractivity contribution in [2.24, 2.45) is 0 Å². The van der Waals surface area contributed by atoms with Gasteiger partial charge in [-0.2, -0.15) is 0 Å². The molecule has 2 rings (SSSR count). The normalized spacial score (nSPS) is 11.4. The van der Waals surface area contributed by atoms with E-state index >= 15 is 0 Å². The van der Waals surface area contributed by atoms with Crippen LogP contribution in [0.15, 0.2) is 29.2 Å². The molecule has 0 aliphatic rings. The Labute approximate surface area is 103 Å². The summed E-state index contributed by atoms with van der Waals surface area (Å²) in [5, 5.41) is 2.71. The van der Waals surface area contributed by atoms with Crippen molar-refractivity contribution in [2.45, 2.75) is 38.5 Å². The van der Waals surface area contributed by atoms with Gasteiger partial charge in [-0.25, -0.2) is 0 Å². The molecule has 0 heterocycles. The lowest BCUT2D eigenvalue weighted by molar-refractivity contribution is 0.871. The third-order valence-electron chi connectivity index (χ3n) is 3.29. The van der Waals surface area contributed by atoms with Gasteiger partial charge in [0.25, 0.3) is 0 Å². The maximum absolute atomic E-state index is 4.48. The summed E-state index contributed by atoms with van der Waals surface area (Å²) >= 11 is 4.48. The van der Waals surface area contributed by atoms with Gasteiger partial charge in [0.1, 0.15) is 0 Å². The Morgan fingerprint density at radius 2 is 1.75 bits per heavy atom. The summed E-state index contributed by atoms with van der Waals surface area (Å²) in [6.07, 6.45) is 0. The van der Waals surface area contributed by atoms with Crippen molar-refractivity contribution in [1.82, 2.24) is 0 Å². The second-order valence-electron chi connectivity index (χ2n) is 4.80. The monoisotopic (exact) mass is 230 g/mol. The van der Waals surface area contributed by atoms with Gasteiger partial charge in [-0.3, -0.25) is 0 Å². The van der Waals surface area contributed by atoms with E-state index in [2.05, 4.69) is 64.6 Å². The zero-order valence-electron chi connectivity index (χ0n) is 10.3. The molecule has 2 aromatic carbocycles. The smallest absolute Gasteiger partial charge is 0.00492 e. The second kappa shape index (κ2) is 4.14. The fraction of sp³-hybridized carbons (Fsp3) is 0.333. The molecule has 2 aromatic rings. The summed E-state index contributed by atoms with van der Waals surface area (Å²) in [6.45, 7) is 8.86. The molecule has 0 saturated heterocycles. The van der Waals surface area contributed by atoms with E-state index in [4.69, 9.17) is 0 Å². The van der Waals surface area contributed by atoms with Gasteiger partial charge in [0, 0.05) is 4.90 Å². The van der Waals surface area contributed by atoms with E-state index < -0.39 is 0 Å². The van der Waals surface area contributed by atoms with Crippen LogP contribution in [-0.2, 0) is 0 Å². The molecule has 0 spiro atoms. The van der Waals surface area contributed by atoms with Crippen LogP contribution < -0.4 is 0 Å². The molecule has 0 aliphatic carbocycles. The summed E-state index contributed by atoms with van der Waals surface area (Å²) in [5.74, 6) is 0.537. The van der Waals surface area contributed by atoms with Crippen LogP contribution >= 0.6 is 12.6 Å². The molecule has 0 unspecified atom stereocenters. The summed E-state index contributed by atoms with van der Waals surface area (Å²) in [6, 6.07) is 8.73. The first-order valence-electron chi connectivity index (χ1n) is 5.73. The van der Waals surface area contributed by atoms with Crippen molar-refractivity contribution >= 4 is 23.4 Å². The Kier molecular flexibility index (Phi) is 2.98. The summed E-state index contributed by atoms with van der Waals surface area (Å²) in [5.41, 5.74) is 4.17. The average molecular weight is 230 g/mol. The number of rotatable bonds is 1. The zero-order valence-corrected chi connectivity index (χ0v) is 11.2. The maximum Gasteiger partial charge on any atom is 0.00492 e. The first kappa shape index (κ1) is 11.5. The van der Waals surface area contributed by atoms with Crippen molar-refractivity contribution in [3.63, 3.8) is 0 Å². The minimum Gasteiger partial charge on any atom is -0.143 e. The molecule has 84 valence electrons. The van der Waals surface area contributed by atoms with Gasteiger partial charge in [0.2, 0.25) is 0 Å². The lowest BCUT2D eigenvalue weighted by Crippen LogP contribution is -1.94. The SMILES string of the molecule is Cc1ccc2cc(S)cc(C(C)C)c2c1C. The fourth-order valence-corrected chi connectivity index (χ4v) is 2.51. The summed E-state index contributed by atoms with van der Waals surface area (Å²) in [7, 11) is 0. The van der Waals surface area contributed by atoms with Gasteiger partial charge in [0.05, 0.1) is 0 Å². The number of fused-ring (bicyclic) bond motifs is 1. The van der Waals surface area contributed by atoms with Crippen LogP contribution in [0, 0.1) is 13.8 Å². The van der Waals surface area contributed by atoms with Crippen LogP contribution in [0.5, 0.6) is 0 Å². The number of benzene rings is 2. The summed E-state index contributed by atoms with van der Waals surface area (Å²) < 4.78 is 0. The maximum atomic E-state index is 4.48.